The zero-order valence-corrected chi connectivity index (χ0v) is 18.8. The Hall–Kier alpha value is -3.63. The predicted octanol–water partition coefficient (Wildman–Crippen LogP) is 7.15. The second-order valence-corrected chi connectivity index (χ2v) is 8.56. The molecule has 0 saturated carbocycles. The van der Waals surface area contributed by atoms with Crippen LogP contribution in [0.4, 0.5) is 15.8 Å². The van der Waals surface area contributed by atoms with Gasteiger partial charge in [-0.1, -0.05) is 77.8 Å². The fourth-order valence-electron chi connectivity index (χ4n) is 4.37. The van der Waals surface area contributed by atoms with Crippen molar-refractivity contribution in [3.8, 4) is 0 Å². The van der Waals surface area contributed by atoms with Gasteiger partial charge in [-0.2, -0.15) is 0 Å². The first-order valence-corrected chi connectivity index (χ1v) is 11.2. The van der Waals surface area contributed by atoms with Gasteiger partial charge in [-0.25, -0.2) is 4.39 Å². The molecule has 1 aliphatic rings. The number of benzene rings is 4. The van der Waals surface area contributed by atoms with Gasteiger partial charge in [0.25, 0.3) is 5.91 Å². The minimum Gasteiger partial charge on any atom is -0.342 e. The molecule has 0 spiro atoms. The lowest BCUT2D eigenvalue weighted by Gasteiger charge is -2.46. The van der Waals surface area contributed by atoms with Crippen LogP contribution in [0.25, 0.3) is 0 Å². The molecule has 1 amide bonds. The number of halogens is 2. The van der Waals surface area contributed by atoms with Gasteiger partial charge in [0.1, 0.15) is 12.0 Å². The molecular formula is C28H22ClFN2O. The number of carbonyl (C=O) groups is 1. The van der Waals surface area contributed by atoms with E-state index in [1.165, 1.54) is 6.07 Å². The SMILES string of the molecule is Cc1ccc(N2C(=O)c3ccccc3N(Cc3ccccc3)[C@H]2c2c(F)cccc2Cl)cc1. The van der Waals surface area contributed by atoms with Gasteiger partial charge in [-0.15, -0.1) is 0 Å². The molecule has 3 nitrogen and oxygen atoms in total. The fraction of sp³-hybridized carbons (Fsp3) is 0.107. The fourth-order valence-corrected chi connectivity index (χ4v) is 4.64. The van der Waals surface area contributed by atoms with Crippen molar-refractivity contribution in [1.29, 1.82) is 0 Å². The monoisotopic (exact) mass is 456 g/mol. The van der Waals surface area contributed by atoms with Crippen LogP contribution in [0.5, 0.6) is 0 Å². The van der Waals surface area contributed by atoms with Crippen molar-refractivity contribution in [2.45, 2.75) is 19.6 Å². The Balaban J connectivity index is 1.77. The highest BCUT2D eigenvalue weighted by Gasteiger charge is 2.41. The van der Waals surface area contributed by atoms with Gasteiger partial charge >= 0.3 is 0 Å². The van der Waals surface area contributed by atoms with Crippen LogP contribution in [0.15, 0.2) is 97.1 Å². The largest absolute Gasteiger partial charge is 0.342 e. The van der Waals surface area contributed by atoms with E-state index in [0.717, 1.165) is 16.8 Å². The minimum absolute atomic E-state index is 0.192. The van der Waals surface area contributed by atoms with Gasteiger partial charge in [0.2, 0.25) is 0 Å². The quantitative estimate of drug-likeness (QED) is 0.325. The molecule has 0 fully saturated rings. The lowest BCUT2D eigenvalue weighted by Crippen LogP contribution is -2.50. The maximum Gasteiger partial charge on any atom is 0.262 e. The molecule has 0 bridgehead atoms. The number of anilines is 2. The van der Waals surface area contributed by atoms with Crippen LogP contribution >= 0.6 is 11.6 Å². The van der Waals surface area contributed by atoms with E-state index in [9.17, 15) is 4.79 Å². The number of para-hydroxylation sites is 1. The molecule has 0 aliphatic carbocycles. The molecule has 0 unspecified atom stereocenters. The topological polar surface area (TPSA) is 23.6 Å². The number of carbonyl (C=O) groups excluding carboxylic acids is 1. The Morgan fingerprint density at radius 3 is 2.27 bits per heavy atom. The van der Waals surface area contributed by atoms with Crippen LogP contribution in [0, 0.1) is 12.7 Å². The first-order chi connectivity index (χ1) is 16.0. The van der Waals surface area contributed by atoms with Crippen LogP contribution in [-0.2, 0) is 6.54 Å². The summed E-state index contributed by atoms with van der Waals surface area (Å²) in [5.41, 5.74) is 4.39. The number of amides is 1. The van der Waals surface area contributed by atoms with Crippen molar-refractivity contribution >= 4 is 28.9 Å². The highest BCUT2D eigenvalue weighted by Crippen LogP contribution is 2.44. The smallest absolute Gasteiger partial charge is 0.262 e. The zero-order chi connectivity index (χ0) is 22.9. The van der Waals surface area contributed by atoms with Crippen LogP contribution < -0.4 is 9.80 Å². The van der Waals surface area contributed by atoms with E-state index in [4.69, 9.17) is 11.6 Å². The number of hydrogen-bond donors (Lipinski definition) is 0. The molecule has 1 aliphatic heterocycles. The van der Waals surface area contributed by atoms with Crippen molar-refractivity contribution < 1.29 is 9.18 Å². The highest BCUT2D eigenvalue weighted by atomic mass is 35.5. The van der Waals surface area contributed by atoms with Gasteiger partial charge < -0.3 is 4.90 Å². The van der Waals surface area contributed by atoms with Gasteiger partial charge in [-0.05, 0) is 48.9 Å². The summed E-state index contributed by atoms with van der Waals surface area (Å²) in [6.07, 6.45) is -0.760. The molecule has 5 heteroatoms. The van der Waals surface area contributed by atoms with E-state index < -0.39 is 12.0 Å². The van der Waals surface area contributed by atoms with Gasteiger partial charge in [0.15, 0.2) is 0 Å². The van der Waals surface area contributed by atoms with Gasteiger partial charge in [-0.3, -0.25) is 9.69 Å². The van der Waals surface area contributed by atoms with Crippen LogP contribution in [0.1, 0.15) is 33.2 Å². The van der Waals surface area contributed by atoms with E-state index in [0.29, 0.717) is 17.8 Å². The van der Waals surface area contributed by atoms with Crippen molar-refractivity contribution in [1.82, 2.24) is 0 Å². The van der Waals surface area contributed by atoms with Crippen molar-refractivity contribution in [2.24, 2.45) is 0 Å². The van der Waals surface area contributed by atoms with Crippen LogP contribution in [0.2, 0.25) is 5.02 Å². The van der Waals surface area contributed by atoms with Gasteiger partial charge in [0.05, 0.1) is 16.3 Å². The first-order valence-electron chi connectivity index (χ1n) is 10.8. The first kappa shape index (κ1) is 21.2. The summed E-state index contributed by atoms with van der Waals surface area (Å²) >= 11 is 6.58. The third-order valence-electron chi connectivity index (χ3n) is 5.97. The van der Waals surface area contributed by atoms with E-state index in [-0.39, 0.29) is 16.5 Å². The molecule has 1 heterocycles. The summed E-state index contributed by atoms with van der Waals surface area (Å²) in [7, 11) is 0. The standard InChI is InChI=1S/C28H22ClFN2O/c1-19-14-16-21(17-15-19)32-27(26-23(29)11-7-12-24(26)30)31(18-20-8-3-2-4-9-20)25-13-6-5-10-22(25)28(32)33/h2-17,27H,18H2,1H3/t27-/m1/s1. The number of rotatable bonds is 4. The minimum atomic E-state index is -0.760. The number of nitrogens with zero attached hydrogens (tertiary/aromatic N) is 2. The summed E-state index contributed by atoms with van der Waals surface area (Å²) in [4.78, 5) is 17.5. The van der Waals surface area contributed by atoms with Crippen molar-refractivity contribution in [3.05, 3.63) is 130 Å². The molecule has 0 saturated heterocycles. The second kappa shape index (κ2) is 8.72. The Labute approximate surface area is 197 Å². The number of hydrogen-bond acceptors (Lipinski definition) is 2. The van der Waals surface area contributed by atoms with Crippen LogP contribution in [0.3, 0.4) is 0 Å². The maximum absolute atomic E-state index is 15.4. The van der Waals surface area contributed by atoms with E-state index in [1.54, 1.807) is 17.0 Å². The van der Waals surface area contributed by atoms with Crippen molar-refractivity contribution in [3.63, 3.8) is 0 Å². The summed E-state index contributed by atoms with van der Waals surface area (Å²) in [6, 6.07) is 29.7. The summed E-state index contributed by atoms with van der Waals surface area (Å²) in [5, 5.41) is 0.280. The maximum atomic E-state index is 15.4. The molecule has 164 valence electrons. The lowest BCUT2D eigenvalue weighted by atomic mass is 9.98. The van der Waals surface area contributed by atoms with E-state index in [1.807, 2.05) is 85.8 Å². The molecular weight excluding hydrogens is 435 g/mol. The molecule has 4 aromatic carbocycles. The lowest BCUT2D eigenvalue weighted by molar-refractivity contribution is 0.0967. The molecule has 4 aromatic rings. The second-order valence-electron chi connectivity index (χ2n) is 8.15. The van der Waals surface area contributed by atoms with E-state index >= 15 is 4.39 Å². The van der Waals surface area contributed by atoms with Crippen molar-refractivity contribution in [2.75, 3.05) is 9.80 Å². The Kier molecular flexibility index (Phi) is 5.61. The highest BCUT2D eigenvalue weighted by molar-refractivity contribution is 6.31. The third-order valence-corrected chi connectivity index (χ3v) is 6.30. The van der Waals surface area contributed by atoms with Crippen LogP contribution in [-0.4, -0.2) is 5.91 Å². The number of fused-ring (bicyclic) bond motifs is 1. The molecule has 33 heavy (non-hydrogen) atoms. The molecule has 0 N–H and O–H groups in total. The predicted molar refractivity (Wildman–Crippen MR) is 131 cm³/mol. The molecule has 0 aromatic heterocycles. The summed E-state index contributed by atoms with van der Waals surface area (Å²) in [6.45, 7) is 2.47. The summed E-state index contributed by atoms with van der Waals surface area (Å²) < 4.78 is 15.4. The zero-order valence-electron chi connectivity index (χ0n) is 18.1. The average molecular weight is 457 g/mol. The number of aryl methyl sites for hydroxylation is 1. The Morgan fingerprint density at radius 2 is 1.55 bits per heavy atom. The average Bonchev–Trinajstić information content (AvgIpc) is 2.83. The summed E-state index contributed by atoms with van der Waals surface area (Å²) in [5.74, 6) is -0.641. The van der Waals surface area contributed by atoms with Gasteiger partial charge in [0, 0.05) is 17.8 Å². The Morgan fingerprint density at radius 1 is 0.848 bits per heavy atom. The molecule has 1 atom stereocenters. The third kappa shape index (κ3) is 3.87. The normalized spacial score (nSPS) is 15.5. The Bertz CT molecular complexity index is 1290. The van der Waals surface area contributed by atoms with E-state index in [2.05, 4.69) is 4.90 Å². The molecule has 5 rings (SSSR count). The molecule has 0 radical (unpaired) electrons.